The molecule has 0 saturated heterocycles. The van der Waals surface area contributed by atoms with E-state index in [-0.39, 0.29) is 10.8 Å². The van der Waals surface area contributed by atoms with E-state index in [0.29, 0.717) is 16.9 Å². The van der Waals surface area contributed by atoms with Crippen molar-refractivity contribution in [3.63, 3.8) is 0 Å². The van der Waals surface area contributed by atoms with Gasteiger partial charge in [0.25, 0.3) is 15.9 Å². The number of carbonyl (C=O) groups excluding carboxylic acids is 1. The Balaban J connectivity index is 1.50. The molecule has 0 aromatic heterocycles. The number of hydrogen-bond donors (Lipinski definition) is 1. The molecule has 0 radical (unpaired) electrons. The van der Waals surface area contributed by atoms with Crippen LogP contribution in [0.4, 0.5) is 11.4 Å². The highest BCUT2D eigenvalue weighted by Gasteiger charge is 2.22. The number of carbonyl (C=O) groups is 1. The summed E-state index contributed by atoms with van der Waals surface area (Å²) in [6.07, 6.45) is 2.11. The molecule has 1 N–H and O–H groups in total. The van der Waals surface area contributed by atoms with Gasteiger partial charge in [-0.1, -0.05) is 18.2 Å². The van der Waals surface area contributed by atoms with Crippen LogP contribution in [0.15, 0.2) is 76.5 Å². The fraction of sp³-hybridized carbons (Fsp3) is 0.208. The molecule has 0 aliphatic carbocycles. The van der Waals surface area contributed by atoms with E-state index < -0.39 is 10.0 Å². The second-order valence-electron chi connectivity index (χ2n) is 7.51. The molecule has 0 saturated carbocycles. The summed E-state index contributed by atoms with van der Waals surface area (Å²) in [6.45, 7) is 1.87. The van der Waals surface area contributed by atoms with Crippen LogP contribution in [-0.4, -0.2) is 27.1 Å². The third kappa shape index (κ3) is 4.48. The van der Waals surface area contributed by atoms with E-state index in [9.17, 15) is 13.2 Å². The van der Waals surface area contributed by atoms with Gasteiger partial charge in [0.1, 0.15) is 0 Å². The van der Waals surface area contributed by atoms with Crippen molar-refractivity contribution >= 4 is 39.1 Å². The van der Waals surface area contributed by atoms with Gasteiger partial charge in [-0.3, -0.25) is 9.10 Å². The number of para-hydroxylation sites is 1. The summed E-state index contributed by atoms with van der Waals surface area (Å²) >= 11 is 1.83. The zero-order valence-corrected chi connectivity index (χ0v) is 19.1. The number of thioether (sulfide) groups is 1. The van der Waals surface area contributed by atoms with Crippen LogP contribution in [0.2, 0.25) is 0 Å². The van der Waals surface area contributed by atoms with Crippen molar-refractivity contribution in [2.75, 3.05) is 22.4 Å². The van der Waals surface area contributed by atoms with Gasteiger partial charge in [0, 0.05) is 23.2 Å². The van der Waals surface area contributed by atoms with Crippen molar-refractivity contribution in [1.82, 2.24) is 0 Å². The van der Waals surface area contributed by atoms with E-state index >= 15 is 0 Å². The smallest absolute Gasteiger partial charge is 0.264 e. The summed E-state index contributed by atoms with van der Waals surface area (Å²) in [4.78, 5) is 14.1. The van der Waals surface area contributed by atoms with Gasteiger partial charge < -0.3 is 5.32 Å². The molecule has 1 aliphatic rings. The van der Waals surface area contributed by atoms with Gasteiger partial charge in [0.15, 0.2) is 0 Å². The minimum atomic E-state index is -3.70. The lowest BCUT2D eigenvalue weighted by Crippen LogP contribution is -2.27. The monoisotopic (exact) mass is 452 g/mol. The molecule has 4 rings (SSSR count). The number of sulfonamides is 1. The Kier molecular flexibility index (Phi) is 6.07. The van der Waals surface area contributed by atoms with Crippen LogP contribution in [-0.2, 0) is 16.4 Å². The average molecular weight is 453 g/mol. The number of benzene rings is 3. The normalized spacial score (nSPS) is 13.4. The highest BCUT2D eigenvalue weighted by Crippen LogP contribution is 2.31. The Bertz CT molecular complexity index is 1220. The van der Waals surface area contributed by atoms with E-state index in [1.165, 1.54) is 26.9 Å². The predicted octanol–water partition coefficient (Wildman–Crippen LogP) is 5.11. The second kappa shape index (κ2) is 8.77. The van der Waals surface area contributed by atoms with Crippen molar-refractivity contribution in [3.8, 4) is 0 Å². The van der Waals surface area contributed by atoms with Gasteiger partial charge in [-0.15, -0.1) is 11.8 Å². The maximum atomic E-state index is 13.0. The summed E-state index contributed by atoms with van der Waals surface area (Å²) in [5.41, 5.74) is 3.88. The molecule has 0 bridgehead atoms. The van der Waals surface area contributed by atoms with Gasteiger partial charge in [-0.2, -0.15) is 0 Å². The fourth-order valence-electron chi connectivity index (χ4n) is 3.62. The molecule has 3 aromatic carbocycles. The van der Waals surface area contributed by atoms with Crippen LogP contribution in [0.5, 0.6) is 0 Å². The van der Waals surface area contributed by atoms with Crippen LogP contribution in [0.1, 0.15) is 27.9 Å². The van der Waals surface area contributed by atoms with Crippen LogP contribution in [0, 0.1) is 6.92 Å². The fourth-order valence-corrected chi connectivity index (χ4v) is 5.90. The number of anilines is 2. The Morgan fingerprint density at radius 3 is 2.52 bits per heavy atom. The quantitative estimate of drug-likeness (QED) is 0.584. The molecule has 1 heterocycles. The first-order valence-electron chi connectivity index (χ1n) is 10.1. The Morgan fingerprint density at radius 1 is 1.03 bits per heavy atom. The number of amides is 1. The van der Waals surface area contributed by atoms with Crippen LogP contribution >= 0.6 is 11.8 Å². The first-order valence-corrected chi connectivity index (χ1v) is 12.5. The molecular weight excluding hydrogens is 428 g/mol. The SMILES string of the molecule is Cc1ccccc1N(C)S(=O)(=O)c1ccc(NC(=O)c2ccc3c(c2)CCCS3)cc1. The number of fused-ring (bicyclic) bond motifs is 1. The van der Waals surface area contributed by atoms with E-state index in [4.69, 9.17) is 0 Å². The maximum absolute atomic E-state index is 13.0. The molecule has 1 aliphatic heterocycles. The zero-order chi connectivity index (χ0) is 22.0. The van der Waals surface area contributed by atoms with Crippen molar-refractivity contribution in [1.29, 1.82) is 0 Å². The molecule has 160 valence electrons. The molecule has 31 heavy (non-hydrogen) atoms. The third-order valence-electron chi connectivity index (χ3n) is 5.40. The minimum Gasteiger partial charge on any atom is -0.322 e. The van der Waals surface area contributed by atoms with E-state index in [2.05, 4.69) is 5.32 Å². The van der Waals surface area contributed by atoms with E-state index in [1.54, 1.807) is 25.2 Å². The van der Waals surface area contributed by atoms with Crippen LogP contribution < -0.4 is 9.62 Å². The Labute approximate surface area is 187 Å². The number of rotatable bonds is 5. The number of hydrogen-bond acceptors (Lipinski definition) is 4. The van der Waals surface area contributed by atoms with Crippen molar-refractivity contribution in [2.24, 2.45) is 0 Å². The summed E-state index contributed by atoms with van der Waals surface area (Å²) in [5.74, 6) is 0.915. The standard InChI is InChI=1S/C24H24N2O3S2/c1-17-6-3-4-8-22(17)26(2)31(28,29)21-12-10-20(11-13-21)25-24(27)19-9-14-23-18(16-19)7-5-15-30-23/h3-4,6,8-14,16H,5,7,15H2,1-2H3,(H,25,27). The Hall–Kier alpha value is -2.77. The van der Waals surface area contributed by atoms with Crippen molar-refractivity contribution < 1.29 is 13.2 Å². The van der Waals surface area contributed by atoms with Gasteiger partial charge in [0.05, 0.1) is 10.6 Å². The number of aryl methyl sites for hydroxylation is 2. The van der Waals surface area contributed by atoms with E-state index in [0.717, 1.165) is 24.2 Å². The van der Waals surface area contributed by atoms with Gasteiger partial charge in [0.2, 0.25) is 0 Å². The highest BCUT2D eigenvalue weighted by molar-refractivity contribution is 7.99. The molecule has 7 heteroatoms. The van der Waals surface area contributed by atoms with Crippen molar-refractivity contribution in [2.45, 2.75) is 29.6 Å². The Morgan fingerprint density at radius 2 is 1.77 bits per heavy atom. The number of nitrogens with zero attached hydrogens (tertiary/aromatic N) is 1. The molecule has 0 fully saturated rings. The predicted molar refractivity (Wildman–Crippen MR) is 127 cm³/mol. The average Bonchev–Trinajstić information content (AvgIpc) is 2.79. The lowest BCUT2D eigenvalue weighted by Gasteiger charge is -2.21. The second-order valence-corrected chi connectivity index (χ2v) is 10.6. The van der Waals surface area contributed by atoms with E-state index in [1.807, 2.05) is 55.1 Å². The van der Waals surface area contributed by atoms with Crippen LogP contribution in [0.25, 0.3) is 0 Å². The zero-order valence-electron chi connectivity index (χ0n) is 17.5. The molecule has 0 unspecified atom stereocenters. The number of nitrogens with one attached hydrogen (secondary N) is 1. The first kappa shape index (κ1) is 21.5. The highest BCUT2D eigenvalue weighted by atomic mass is 32.2. The largest absolute Gasteiger partial charge is 0.322 e. The summed E-state index contributed by atoms with van der Waals surface area (Å²) in [6, 6.07) is 19.4. The first-order chi connectivity index (χ1) is 14.9. The molecule has 3 aromatic rings. The molecule has 5 nitrogen and oxygen atoms in total. The summed E-state index contributed by atoms with van der Waals surface area (Å²) in [7, 11) is -2.16. The minimum absolute atomic E-state index is 0.169. The lowest BCUT2D eigenvalue weighted by atomic mass is 10.1. The molecule has 0 spiro atoms. The van der Waals surface area contributed by atoms with Gasteiger partial charge >= 0.3 is 0 Å². The molecule has 0 atom stereocenters. The maximum Gasteiger partial charge on any atom is 0.264 e. The molecule has 1 amide bonds. The summed E-state index contributed by atoms with van der Waals surface area (Å²) in [5, 5.41) is 2.86. The van der Waals surface area contributed by atoms with Gasteiger partial charge in [-0.05, 0) is 85.2 Å². The van der Waals surface area contributed by atoms with Crippen LogP contribution in [0.3, 0.4) is 0 Å². The molecular formula is C24H24N2O3S2. The lowest BCUT2D eigenvalue weighted by molar-refractivity contribution is 0.102. The topological polar surface area (TPSA) is 66.5 Å². The van der Waals surface area contributed by atoms with Crippen molar-refractivity contribution in [3.05, 3.63) is 83.4 Å². The third-order valence-corrected chi connectivity index (χ3v) is 8.38. The van der Waals surface area contributed by atoms with Gasteiger partial charge in [-0.25, -0.2) is 8.42 Å². The summed E-state index contributed by atoms with van der Waals surface area (Å²) < 4.78 is 27.3.